The van der Waals surface area contributed by atoms with Crippen molar-refractivity contribution in [3.05, 3.63) is 48.0 Å². The maximum Gasteiger partial charge on any atom is 0.288 e. The number of primary amides is 1. The van der Waals surface area contributed by atoms with E-state index >= 15 is 0 Å². The first-order valence-corrected chi connectivity index (χ1v) is 4.49. The summed E-state index contributed by atoms with van der Waals surface area (Å²) in [4.78, 5) is 14.5. The molecule has 76 valence electrons. The van der Waals surface area contributed by atoms with E-state index in [0.29, 0.717) is 6.54 Å². The fraction of sp³-hybridized carbons (Fsp3) is 0.100. The molecule has 0 aliphatic rings. The Balaban J connectivity index is 2.15. The average Bonchev–Trinajstić information content (AvgIpc) is 2.68. The maximum absolute atomic E-state index is 10.8. The second-order valence-corrected chi connectivity index (χ2v) is 3.12. The highest BCUT2D eigenvalue weighted by Gasteiger charge is 2.06. The molecular weight excluding hydrogens is 192 g/mol. The molecule has 5 nitrogen and oxygen atoms in total. The van der Waals surface area contributed by atoms with Gasteiger partial charge in [0.05, 0.1) is 6.54 Å². The van der Waals surface area contributed by atoms with Gasteiger partial charge >= 0.3 is 0 Å². The Morgan fingerprint density at radius 2 is 2.07 bits per heavy atom. The molecule has 0 aliphatic heterocycles. The van der Waals surface area contributed by atoms with Crippen LogP contribution in [0.5, 0.6) is 0 Å². The number of carbonyl (C=O) groups excluding carboxylic acids is 1. The van der Waals surface area contributed by atoms with Gasteiger partial charge in [0.15, 0.2) is 0 Å². The highest BCUT2D eigenvalue weighted by molar-refractivity contribution is 5.88. The summed E-state index contributed by atoms with van der Waals surface area (Å²) in [7, 11) is 0. The lowest BCUT2D eigenvalue weighted by Gasteiger charge is -1.99. The van der Waals surface area contributed by atoms with Gasteiger partial charge in [-0.2, -0.15) is 0 Å². The summed E-state index contributed by atoms with van der Waals surface area (Å²) in [6.07, 6.45) is 1.49. The Morgan fingerprint density at radius 1 is 1.33 bits per heavy atom. The van der Waals surface area contributed by atoms with Gasteiger partial charge in [-0.3, -0.25) is 4.79 Å². The minimum Gasteiger partial charge on any atom is -0.363 e. The molecule has 0 saturated carbocycles. The van der Waals surface area contributed by atoms with Crippen LogP contribution in [-0.4, -0.2) is 20.7 Å². The van der Waals surface area contributed by atoms with Crippen molar-refractivity contribution >= 4 is 5.91 Å². The molecule has 15 heavy (non-hydrogen) atoms. The number of aromatic nitrogens is 3. The van der Waals surface area contributed by atoms with E-state index < -0.39 is 5.91 Å². The number of amides is 1. The second-order valence-electron chi connectivity index (χ2n) is 3.12. The zero-order valence-electron chi connectivity index (χ0n) is 8.00. The molecular formula is C10H10N4O. The van der Waals surface area contributed by atoms with Crippen LogP contribution in [0.25, 0.3) is 0 Å². The van der Waals surface area contributed by atoms with Gasteiger partial charge in [-0.15, -0.1) is 5.10 Å². The van der Waals surface area contributed by atoms with Crippen molar-refractivity contribution in [2.24, 2.45) is 5.73 Å². The van der Waals surface area contributed by atoms with Gasteiger partial charge in [0.2, 0.25) is 5.82 Å². The molecule has 1 aromatic heterocycles. The van der Waals surface area contributed by atoms with Crippen molar-refractivity contribution in [3.63, 3.8) is 0 Å². The van der Waals surface area contributed by atoms with Crippen LogP contribution in [0.1, 0.15) is 16.2 Å². The van der Waals surface area contributed by atoms with Crippen molar-refractivity contribution in [3.8, 4) is 0 Å². The largest absolute Gasteiger partial charge is 0.363 e. The minimum absolute atomic E-state index is 0.0472. The Bertz CT molecular complexity index is 463. The number of carbonyl (C=O) groups is 1. The molecule has 0 unspecified atom stereocenters. The van der Waals surface area contributed by atoms with Gasteiger partial charge in [-0.25, -0.2) is 9.67 Å². The minimum atomic E-state index is -0.609. The summed E-state index contributed by atoms with van der Waals surface area (Å²) in [5, 5.41) is 3.94. The van der Waals surface area contributed by atoms with Crippen LogP contribution >= 0.6 is 0 Å². The van der Waals surface area contributed by atoms with E-state index in [-0.39, 0.29) is 5.82 Å². The monoisotopic (exact) mass is 202 g/mol. The lowest BCUT2D eigenvalue weighted by atomic mass is 10.2. The van der Waals surface area contributed by atoms with E-state index in [0.717, 1.165) is 5.56 Å². The van der Waals surface area contributed by atoms with Crippen LogP contribution < -0.4 is 5.73 Å². The van der Waals surface area contributed by atoms with E-state index in [1.165, 1.54) is 6.33 Å². The van der Waals surface area contributed by atoms with Crippen molar-refractivity contribution in [1.82, 2.24) is 14.8 Å². The van der Waals surface area contributed by atoms with E-state index in [1.54, 1.807) is 4.68 Å². The van der Waals surface area contributed by atoms with Crippen molar-refractivity contribution in [1.29, 1.82) is 0 Å². The van der Waals surface area contributed by atoms with Crippen LogP contribution in [-0.2, 0) is 6.54 Å². The van der Waals surface area contributed by atoms with Crippen LogP contribution in [0.4, 0.5) is 0 Å². The molecule has 0 fully saturated rings. The molecule has 5 heteroatoms. The van der Waals surface area contributed by atoms with Gasteiger partial charge in [-0.1, -0.05) is 30.3 Å². The normalized spacial score (nSPS) is 10.1. The smallest absolute Gasteiger partial charge is 0.288 e. The predicted octanol–water partition coefficient (Wildman–Crippen LogP) is 0.425. The molecule has 0 radical (unpaired) electrons. The summed E-state index contributed by atoms with van der Waals surface area (Å²) < 4.78 is 1.58. The van der Waals surface area contributed by atoms with Crippen LogP contribution in [0.2, 0.25) is 0 Å². The van der Waals surface area contributed by atoms with Crippen molar-refractivity contribution in [2.45, 2.75) is 6.54 Å². The first kappa shape index (κ1) is 9.39. The number of benzene rings is 1. The molecule has 0 aliphatic carbocycles. The van der Waals surface area contributed by atoms with Crippen molar-refractivity contribution < 1.29 is 4.79 Å². The zero-order valence-corrected chi connectivity index (χ0v) is 8.00. The van der Waals surface area contributed by atoms with Crippen LogP contribution in [0, 0.1) is 0 Å². The second kappa shape index (κ2) is 3.91. The molecule has 0 saturated heterocycles. The SMILES string of the molecule is NC(=O)c1ncn(Cc2ccccc2)n1. The standard InChI is InChI=1S/C10H10N4O/c11-9(15)10-12-7-14(13-10)6-8-4-2-1-3-5-8/h1-5,7H,6H2,(H2,11,15). The van der Waals surface area contributed by atoms with Gasteiger partial charge in [0, 0.05) is 0 Å². The van der Waals surface area contributed by atoms with Gasteiger partial charge in [0.25, 0.3) is 5.91 Å². The highest BCUT2D eigenvalue weighted by Crippen LogP contribution is 2.00. The third kappa shape index (κ3) is 2.19. The molecule has 1 amide bonds. The first-order valence-electron chi connectivity index (χ1n) is 4.49. The number of nitrogens with two attached hydrogens (primary N) is 1. The Morgan fingerprint density at radius 3 is 2.67 bits per heavy atom. The maximum atomic E-state index is 10.8. The van der Waals surface area contributed by atoms with E-state index in [4.69, 9.17) is 5.73 Å². The molecule has 2 N–H and O–H groups in total. The average molecular weight is 202 g/mol. The molecule has 0 atom stereocenters. The fourth-order valence-corrected chi connectivity index (χ4v) is 1.25. The van der Waals surface area contributed by atoms with Gasteiger partial charge < -0.3 is 5.73 Å². The van der Waals surface area contributed by atoms with Crippen LogP contribution in [0.15, 0.2) is 36.7 Å². The molecule has 0 spiro atoms. The predicted molar refractivity (Wildman–Crippen MR) is 54.1 cm³/mol. The third-order valence-corrected chi connectivity index (χ3v) is 1.94. The van der Waals surface area contributed by atoms with Crippen LogP contribution in [0.3, 0.4) is 0 Å². The summed E-state index contributed by atoms with van der Waals surface area (Å²) in [5.74, 6) is -0.562. The fourth-order valence-electron chi connectivity index (χ4n) is 1.25. The summed E-state index contributed by atoms with van der Waals surface area (Å²) in [6.45, 7) is 0.584. The first-order chi connectivity index (χ1) is 7.25. The number of nitrogens with zero attached hydrogens (tertiary/aromatic N) is 3. The summed E-state index contributed by atoms with van der Waals surface area (Å²) in [5.41, 5.74) is 6.14. The molecule has 1 aromatic carbocycles. The topological polar surface area (TPSA) is 73.8 Å². The van der Waals surface area contributed by atoms with Crippen molar-refractivity contribution in [2.75, 3.05) is 0 Å². The molecule has 2 rings (SSSR count). The summed E-state index contributed by atoms with van der Waals surface area (Å²) >= 11 is 0. The van der Waals surface area contributed by atoms with Gasteiger partial charge in [-0.05, 0) is 5.56 Å². The van der Waals surface area contributed by atoms with E-state index in [1.807, 2.05) is 30.3 Å². The Kier molecular flexibility index (Phi) is 2.45. The lowest BCUT2D eigenvalue weighted by Crippen LogP contribution is -2.13. The Labute approximate surface area is 86.5 Å². The quantitative estimate of drug-likeness (QED) is 0.784. The number of hydrogen-bond acceptors (Lipinski definition) is 3. The highest BCUT2D eigenvalue weighted by atomic mass is 16.1. The van der Waals surface area contributed by atoms with E-state index in [9.17, 15) is 4.79 Å². The Hall–Kier alpha value is -2.17. The van der Waals surface area contributed by atoms with E-state index in [2.05, 4.69) is 10.1 Å². The third-order valence-electron chi connectivity index (χ3n) is 1.94. The molecule has 2 aromatic rings. The molecule has 0 bridgehead atoms. The molecule has 1 heterocycles. The number of rotatable bonds is 3. The zero-order chi connectivity index (χ0) is 10.7. The summed E-state index contributed by atoms with van der Waals surface area (Å²) in [6, 6.07) is 9.79. The lowest BCUT2D eigenvalue weighted by molar-refractivity contribution is 0.0990. The van der Waals surface area contributed by atoms with Gasteiger partial charge in [0.1, 0.15) is 6.33 Å². The number of hydrogen-bond donors (Lipinski definition) is 1.